The van der Waals surface area contributed by atoms with Gasteiger partial charge in [0.1, 0.15) is 11.9 Å². The summed E-state index contributed by atoms with van der Waals surface area (Å²) < 4.78 is 8.30. The molecule has 0 radical (unpaired) electrons. The fourth-order valence-electron chi connectivity index (χ4n) is 5.19. The average molecular weight is 483 g/mol. The van der Waals surface area contributed by atoms with Crippen LogP contribution in [0.4, 0.5) is 0 Å². The Morgan fingerprint density at radius 1 is 0.857 bits per heavy atom. The van der Waals surface area contributed by atoms with Crippen LogP contribution in [0.25, 0.3) is 0 Å². The molecule has 0 amide bonds. The van der Waals surface area contributed by atoms with Crippen molar-refractivity contribution in [2.75, 3.05) is 26.2 Å². The molecule has 0 spiro atoms. The van der Waals surface area contributed by atoms with Gasteiger partial charge in [-0.15, -0.1) is 0 Å². The highest BCUT2D eigenvalue weighted by molar-refractivity contribution is 5.21. The van der Waals surface area contributed by atoms with E-state index in [1.54, 1.807) is 0 Å². The Kier molecular flexibility index (Phi) is 9.83. The summed E-state index contributed by atoms with van der Waals surface area (Å²) in [7, 11) is 0. The van der Waals surface area contributed by atoms with Gasteiger partial charge in [0.25, 0.3) is 0 Å². The van der Waals surface area contributed by atoms with E-state index in [9.17, 15) is 0 Å². The summed E-state index contributed by atoms with van der Waals surface area (Å²) in [5.74, 6) is 1.76. The van der Waals surface area contributed by atoms with Gasteiger partial charge < -0.3 is 9.30 Å². The van der Waals surface area contributed by atoms with Crippen molar-refractivity contribution in [3.8, 4) is 5.75 Å². The molecule has 1 aromatic heterocycles. The predicted molar refractivity (Wildman–Crippen MR) is 147 cm³/mol. The van der Waals surface area contributed by atoms with E-state index in [4.69, 9.17) is 4.74 Å². The number of piperidine rings is 1. The molecule has 1 aromatic carbocycles. The summed E-state index contributed by atoms with van der Waals surface area (Å²) in [6, 6.07) is 10.2. The summed E-state index contributed by atoms with van der Waals surface area (Å²) in [5, 5.41) is 0. The molecule has 2 aromatic rings. The van der Waals surface area contributed by atoms with Crippen LogP contribution in [-0.2, 0) is 6.54 Å². The Morgan fingerprint density at radius 3 is 2.14 bits per heavy atom. The van der Waals surface area contributed by atoms with Crippen molar-refractivity contribution >= 4 is 0 Å². The van der Waals surface area contributed by atoms with Gasteiger partial charge in [0, 0.05) is 36.9 Å². The summed E-state index contributed by atoms with van der Waals surface area (Å²) >= 11 is 0. The van der Waals surface area contributed by atoms with Gasteiger partial charge in [0.05, 0.1) is 12.0 Å². The molecule has 5 heteroatoms. The molecule has 35 heavy (non-hydrogen) atoms. The van der Waals surface area contributed by atoms with Crippen LogP contribution < -0.4 is 4.74 Å². The lowest BCUT2D eigenvalue weighted by Gasteiger charge is -2.41. The Labute approximate surface area is 214 Å². The number of hydrogen-bond acceptors (Lipinski definition) is 4. The van der Waals surface area contributed by atoms with E-state index in [0.717, 1.165) is 30.5 Å². The maximum absolute atomic E-state index is 6.04. The zero-order valence-electron chi connectivity index (χ0n) is 23.5. The fourth-order valence-corrected chi connectivity index (χ4v) is 5.19. The number of likely N-dealkylation sites (tertiary alicyclic amines) is 2. The molecule has 2 aliphatic heterocycles. The van der Waals surface area contributed by atoms with Crippen LogP contribution in [0.2, 0.25) is 0 Å². The summed E-state index contributed by atoms with van der Waals surface area (Å²) in [5.41, 5.74) is 1.67. The largest absolute Gasteiger partial charge is 0.489 e. The highest BCUT2D eigenvalue weighted by Crippen LogP contribution is 2.25. The second-order valence-electron chi connectivity index (χ2n) is 12.5. The normalized spacial score (nSPS) is 22.7. The molecular weight excluding hydrogens is 432 g/mol. The van der Waals surface area contributed by atoms with E-state index in [1.807, 2.05) is 36.7 Å². The van der Waals surface area contributed by atoms with Crippen molar-refractivity contribution in [3.63, 3.8) is 0 Å². The van der Waals surface area contributed by atoms with E-state index >= 15 is 0 Å². The van der Waals surface area contributed by atoms with Crippen molar-refractivity contribution < 1.29 is 4.74 Å². The SMILES string of the molecule is CC(C)(C)N1CCCC(Oc2ccccc2)C1.Cc1cn(CC2CCCCN(C(C)(C)C)C2)cn1. The number of nitrogens with zero attached hydrogens (tertiary/aromatic N) is 4. The van der Waals surface area contributed by atoms with E-state index < -0.39 is 0 Å². The summed E-state index contributed by atoms with van der Waals surface area (Å²) in [6.07, 6.45) is 10.9. The second kappa shape index (κ2) is 12.4. The molecule has 5 nitrogen and oxygen atoms in total. The van der Waals surface area contributed by atoms with E-state index in [2.05, 4.69) is 74.0 Å². The molecule has 0 aliphatic carbocycles. The number of ether oxygens (including phenoxy) is 1. The zero-order chi connectivity index (χ0) is 25.5. The van der Waals surface area contributed by atoms with Gasteiger partial charge in [-0.3, -0.25) is 9.80 Å². The molecule has 0 saturated carbocycles. The molecule has 0 N–H and O–H groups in total. The minimum atomic E-state index is 0.249. The first-order valence-corrected chi connectivity index (χ1v) is 13.7. The minimum absolute atomic E-state index is 0.249. The van der Waals surface area contributed by atoms with Gasteiger partial charge in [0.2, 0.25) is 0 Å². The molecule has 3 heterocycles. The molecule has 4 rings (SSSR count). The maximum Gasteiger partial charge on any atom is 0.119 e. The quantitative estimate of drug-likeness (QED) is 0.503. The number of rotatable bonds is 4. The number of aryl methyl sites for hydroxylation is 1. The van der Waals surface area contributed by atoms with E-state index in [-0.39, 0.29) is 5.54 Å². The first-order valence-electron chi connectivity index (χ1n) is 13.7. The van der Waals surface area contributed by atoms with Crippen molar-refractivity contribution in [3.05, 3.63) is 48.5 Å². The van der Waals surface area contributed by atoms with Gasteiger partial charge >= 0.3 is 0 Å². The third-order valence-electron chi connectivity index (χ3n) is 7.32. The van der Waals surface area contributed by atoms with Crippen molar-refractivity contribution in [1.82, 2.24) is 19.4 Å². The summed E-state index contributed by atoms with van der Waals surface area (Å²) in [4.78, 5) is 9.49. The van der Waals surface area contributed by atoms with Crippen LogP contribution in [0.1, 0.15) is 79.3 Å². The Morgan fingerprint density at radius 2 is 1.51 bits per heavy atom. The predicted octanol–water partition coefficient (Wildman–Crippen LogP) is 6.42. The van der Waals surface area contributed by atoms with Crippen LogP contribution in [-0.4, -0.2) is 62.7 Å². The first kappa shape index (κ1) is 27.7. The van der Waals surface area contributed by atoms with E-state index in [1.165, 1.54) is 51.7 Å². The van der Waals surface area contributed by atoms with Gasteiger partial charge in [-0.05, 0) is 105 Å². The monoisotopic (exact) mass is 482 g/mol. The van der Waals surface area contributed by atoms with Crippen molar-refractivity contribution in [1.29, 1.82) is 0 Å². The molecule has 2 fully saturated rings. The topological polar surface area (TPSA) is 33.5 Å². The zero-order valence-corrected chi connectivity index (χ0v) is 23.5. The number of imidazole rings is 1. The maximum atomic E-state index is 6.04. The molecule has 2 unspecified atom stereocenters. The van der Waals surface area contributed by atoms with Crippen LogP contribution >= 0.6 is 0 Å². The molecular formula is C30H50N4O. The Bertz CT molecular complexity index is 864. The molecule has 2 aliphatic rings. The van der Waals surface area contributed by atoms with Crippen molar-refractivity contribution in [2.24, 2.45) is 5.92 Å². The van der Waals surface area contributed by atoms with Gasteiger partial charge in [-0.25, -0.2) is 4.98 Å². The Hall–Kier alpha value is -1.85. The van der Waals surface area contributed by atoms with Crippen LogP contribution in [0, 0.1) is 12.8 Å². The molecule has 2 atom stereocenters. The number of benzene rings is 1. The van der Waals surface area contributed by atoms with Gasteiger partial charge in [-0.1, -0.05) is 24.6 Å². The average Bonchev–Trinajstić information content (AvgIpc) is 3.04. The number of para-hydroxylation sites is 1. The molecule has 196 valence electrons. The highest BCUT2D eigenvalue weighted by atomic mass is 16.5. The third-order valence-corrected chi connectivity index (χ3v) is 7.32. The lowest BCUT2D eigenvalue weighted by Crippen LogP contribution is -2.50. The number of aromatic nitrogens is 2. The van der Waals surface area contributed by atoms with Gasteiger partial charge in [0.15, 0.2) is 0 Å². The standard InChI is InChI=1S/C15H27N3.C15H23NO/c1-13-9-17(12-16-13)10-14-7-5-6-8-18(11-14)15(2,3)4;1-15(2,3)16-11-7-10-14(12-16)17-13-8-5-4-6-9-13/h9,12,14H,5-8,10-11H2,1-4H3;4-6,8-9,14H,7,10-12H2,1-3H3. The molecule has 0 bridgehead atoms. The van der Waals surface area contributed by atoms with Crippen LogP contribution in [0.15, 0.2) is 42.9 Å². The lowest BCUT2D eigenvalue weighted by atomic mass is 9.99. The Balaban J connectivity index is 0.000000196. The van der Waals surface area contributed by atoms with E-state index in [0.29, 0.717) is 11.6 Å². The third kappa shape index (κ3) is 9.27. The highest BCUT2D eigenvalue weighted by Gasteiger charge is 2.29. The smallest absolute Gasteiger partial charge is 0.119 e. The second-order valence-corrected chi connectivity index (χ2v) is 12.5. The number of hydrogen-bond donors (Lipinski definition) is 0. The lowest BCUT2D eigenvalue weighted by molar-refractivity contribution is 0.0347. The minimum Gasteiger partial charge on any atom is -0.489 e. The van der Waals surface area contributed by atoms with Crippen LogP contribution in [0.5, 0.6) is 5.75 Å². The van der Waals surface area contributed by atoms with Crippen LogP contribution in [0.3, 0.4) is 0 Å². The fraction of sp³-hybridized carbons (Fsp3) is 0.700. The van der Waals surface area contributed by atoms with Crippen molar-refractivity contribution in [2.45, 2.75) is 104 Å². The van der Waals surface area contributed by atoms with Gasteiger partial charge in [-0.2, -0.15) is 0 Å². The molecule has 2 saturated heterocycles. The summed E-state index contributed by atoms with van der Waals surface area (Å²) in [6.45, 7) is 21.7. The first-order chi connectivity index (χ1) is 16.5.